The first-order valence-electron chi connectivity index (χ1n) is 7.29. The summed E-state index contributed by atoms with van der Waals surface area (Å²) in [5, 5.41) is 3.74. The monoisotopic (exact) mass is 319 g/mol. The molecule has 1 aromatic heterocycles. The van der Waals surface area contributed by atoms with Crippen molar-refractivity contribution in [3.8, 4) is 0 Å². The molecule has 0 bridgehead atoms. The lowest BCUT2D eigenvalue weighted by molar-refractivity contribution is 0.103. The molecular weight excluding hydrogens is 302 g/mol. The number of nitrogens with zero attached hydrogens (tertiary/aromatic N) is 1. The Kier molecular flexibility index (Phi) is 3.87. The van der Waals surface area contributed by atoms with Crippen molar-refractivity contribution in [3.05, 3.63) is 52.9 Å². The van der Waals surface area contributed by atoms with Crippen LogP contribution in [0.2, 0.25) is 0 Å². The van der Waals surface area contributed by atoms with Gasteiger partial charge in [0.1, 0.15) is 0 Å². The summed E-state index contributed by atoms with van der Waals surface area (Å²) in [6, 6.07) is 6.82. The van der Waals surface area contributed by atoms with Crippen molar-refractivity contribution in [2.24, 2.45) is 0 Å². The molecule has 22 heavy (non-hydrogen) atoms. The van der Waals surface area contributed by atoms with Gasteiger partial charge in [-0.3, -0.25) is 4.79 Å². The topological polar surface area (TPSA) is 77.2 Å². The van der Waals surface area contributed by atoms with E-state index in [2.05, 4.69) is 5.16 Å². The van der Waals surface area contributed by atoms with E-state index in [1.807, 2.05) is 0 Å². The fourth-order valence-electron chi connectivity index (χ4n) is 2.41. The van der Waals surface area contributed by atoms with E-state index >= 15 is 0 Å². The fourth-order valence-corrected chi connectivity index (χ4v) is 3.34. The van der Waals surface area contributed by atoms with Gasteiger partial charge >= 0.3 is 0 Å². The van der Waals surface area contributed by atoms with Gasteiger partial charge in [-0.1, -0.05) is 36.3 Å². The maximum atomic E-state index is 12.8. The second kappa shape index (κ2) is 5.68. The number of carbonyl (C=O) groups excluding carboxylic acids is 1. The quantitative estimate of drug-likeness (QED) is 0.765. The Morgan fingerprint density at radius 3 is 2.68 bits per heavy atom. The Labute approximate surface area is 129 Å². The van der Waals surface area contributed by atoms with E-state index in [1.165, 1.54) is 6.20 Å². The molecule has 0 amide bonds. The molecule has 2 aromatic rings. The Balaban J connectivity index is 1.97. The van der Waals surface area contributed by atoms with E-state index in [1.54, 1.807) is 31.2 Å². The molecule has 0 aliphatic heterocycles. The van der Waals surface area contributed by atoms with Gasteiger partial charge < -0.3 is 4.52 Å². The molecule has 1 fully saturated rings. The highest BCUT2D eigenvalue weighted by atomic mass is 32.2. The fraction of sp³-hybridized carbons (Fsp3) is 0.375. The summed E-state index contributed by atoms with van der Waals surface area (Å²) in [6.45, 7) is 1.60. The van der Waals surface area contributed by atoms with E-state index in [0.717, 1.165) is 12.8 Å². The van der Waals surface area contributed by atoms with Crippen molar-refractivity contribution in [3.63, 3.8) is 0 Å². The highest BCUT2D eigenvalue weighted by Gasteiger charge is 2.33. The molecule has 116 valence electrons. The van der Waals surface area contributed by atoms with E-state index in [4.69, 9.17) is 4.52 Å². The van der Waals surface area contributed by atoms with Gasteiger partial charge in [0, 0.05) is 17.2 Å². The summed E-state index contributed by atoms with van der Waals surface area (Å²) >= 11 is 0. The largest absolute Gasteiger partial charge is 0.360 e. The summed E-state index contributed by atoms with van der Waals surface area (Å²) in [5.74, 6) is 0.599. The van der Waals surface area contributed by atoms with Gasteiger partial charge in [0.05, 0.1) is 17.5 Å². The number of sulfone groups is 1. The van der Waals surface area contributed by atoms with E-state index in [0.29, 0.717) is 22.5 Å². The maximum Gasteiger partial charge on any atom is 0.198 e. The molecule has 1 saturated carbocycles. The third-order valence-corrected chi connectivity index (χ3v) is 5.50. The number of hydrogen-bond donors (Lipinski definition) is 0. The standard InChI is InChI=1S/C16H17NO4S/c1-2-22(19,20)10-12-5-3-4-6-13(12)15(18)14-9-17-21-16(14)11-7-8-11/h3-6,9,11H,2,7-8,10H2,1H3. The van der Waals surface area contributed by atoms with Crippen LogP contribution in [0.3, 0.4) is 0 Å². The lowest BCUT2D eigenvalue weighted by Gasteiger charge is -2.08. The average Bonchev–Trinajstić information content (AvgIpc) is 3.24. The third kappa shape index (κ3) is 2.97. The molecule has 1 aromatic carbocycles. The lowest BCUT2D eigenvalue weighted by Crippen LogP contribution is -2.12. The normalized spacial score (nSPS) is 15.0. The third-order valence-electron chi connectivity index (χ3n) is 3.87. The molecule has 0 N–H and O–H groups in total. The van der Waals surface area contributed by atoms with E-state index < -0.39 is 9.84 Å². The molecule has 0 atom stereocenters. The van der Waals surface area contributed by atoms with Crippen LogP contribution in [0.25, 0.3) is 0 Å². The first-order valence-corrected chi connectivity index (χ1v) is 9.11. The highest BCUT2D eigenvalue weighted by molar-refractivity contribution is 7.90. The summed E-state index contributed by atoms with van der Waals surface area (Å²) in [4.78, 5) is 12.8. The van der Waals surface area contributed by atoms with Crippen molar-refractivity contribution in [2.45, 2.75) is 31.4 Å². The van der Waals surface area contributed by atoms with Crippen molar-refractivity contribution < 1.29 is 17.7 Å². The summed E-state index contributed by atoms with van der Waals surface area (Å²) < 4.78 is 29.0. The molecular formula is C16H17NO4S. The predicted octanol–water partition coefficient (Wildman–Crippen LogP) is 2.72. The van der Waals surface area contributed by atoms with Crippen molar-refractivity contribution >= 4 is 15.6 Å². The molecule has 1 aliphatic rings. The number of ketones is 1. The molecule has 0 spiro atoms. The lowest BCUT2D eigenvalue weighted by atomic mass is 9.99. The summed E-state index contributed by atoms with van der Waals surface area (Å²) in [5.41, 5.74) is 1.38. The Morgan fingerprint density at radius 2 is 2.00 bits per heavy atom. The molecule has 0 unspecified atom stereocenters. The van der Waals surface area contributed by atoms with Crippen LogP contribution in [-0.2, 0) is 15.6 Å². The molecule has 1 aliphatic carbocycles. The summed E-state index contributed by atoms with van der Waals surface area (Å²) in [6.07, 6.45) is 3.43. The molecule has 6 heteroatoms. The van der Waals surface area contributed by atoms with Gasteiger partial charge in [0.25, 0.3) is 0 Å². The smallest absolute Gasteiger partial charge is 0.198 e. The summed E-state index contributed by atoms with van der Waals surface area (Å²) in [7, 11) is -3.20. The first kappa shape index (κ1) is 15.0. The van der Waals surface area contributed by atoms with Crippen molar-refractivity contribution in [1.29, 1.82) is 0 Å². The molecule has 1 heterocycles. The number of rotatable bonds is 6. The Morgan fingerprint density at radius 1 is 1.27 bits per heavy atom. The zero-order valence-corrected chi connectivity index (χ0v) is 13.1. The van der Waals surface area contributed by atoms with Gasteiger partial charge in [-0.15, -0.1) is 0 Å². The maximum absolute atomic E-state index is 12.8. The molecule has 0 saturated heterocycles. The van der Waals surface area contributed by atoms with Crippen LogP contribution in [0.1, 0.15) is 52.9 Å². The highest BCUT2D eigenvalue weighted by Crippen LogP contribution is 2.42. The zero-order valence-electron chi connectivity index (χ0n) is 12.3. The number of hydrogen-bond acceptors (Lipinski definition) is 5. The van der Waals surface area contributed by atoms with Crippen LogP contribution in [0, 0.1) is 0 Å². The predicted molar refractivity (Wildman–Crippen MR) is 81.5 cm³/mol. The SMILES string of the molecule is CCS(=O)(=O)Cc1ccccc1C(=O)c1cnoc1C1CC1. The minimum Gasteiger partial charge on any atom is -0.360 e. The van der Waals surface area contributed by atoms with Gasteiger partial charge in [-0.25, -0.2) is 8.42 Å². The second-order valence-corrected chi connectivity index (χ2v) is 7.89. The number of carbonyl (C=O) groups is 1. The van der Waals surface area contributed by atoms with E-state index in [9.17, 15) is 13.2 Å². The van der Waals surface area contributed by atoms with Crippen LogP contribution < -0.4 is 0 Å². The minimum absolute atomic E-state index is 0.0517. The number of aromatic nitrogens is 1. The Bertz CT molecular complexity index is 803. The van der Waals surface area contributed by atoms with Crippen LogP contribution in [-0.4, -0.2) is 25.1 Å². The zero-order chi connectivity index (χ0) is 15.7. The van der Waals surface area contributed by atoms with Crippen LogP contribution >= 0.6 is 0 Å². The first-order chi connectivity index (χ1) is 10.5. The number of benzene rings is 1. The minimum atomic E-state index is -3.20. The van der Waals surface area contributed by atoms with E-state index in [-0.39, 0.29) is 23.2 Å². The molecule has 3 rings (SSSR count). The Hall–Kier alpha value is -1.95. The van der Waals surface area contributed by atoms with Crippen LogP contribution in [0.4, 0.5) is 0 Å². The second-order valence-electron chi connectivity index (χ2n) is 5.54. The van der Waals surface area contributed by atoms with Crippen LogP contribution in [0.15, 0.2) is 35.0 Å². The molecule has 5 nitrogen and oxygen atoms in total. The van der Waals surface area contributed by atoms with Gasteiger partial charge in [0.2, 0.25) is 0 Å². The van der Waals surface area contributed by atoms with Gasteiger partial charge in [0.15, 0.2) is 21.4 Å². The molecule has 0 radical (unpaired) electrons. The van der Waals surface area contributed by atoms with Gasteiger partial charge in [-0.2, -0.15) is 0 Å². The van der Waals surface area contributed by atoms with Crippen molar-refractivity contribution in [2.75, 3.05) is 5.75 Å². The van der Waals surface area contributed by atoms with Crippen LogP contribution in [0.5, 0.6) is 0 Å². The van der Waals surface area contributed by atoms with Gasteiger partial charge in [-0.05, 0) is 18.4 Å². The average molecular weight is 319 g/mol. The van der Waals surface area contributed by atoms with Crippen molar-refractivity contribution in [1.82, 2.24) is 5.16 Å².